The van der Waals surface area contributed by atoms with Crippen molar-refractivity contribution in [3.05, 3.63) is 36.9 Å². The lowest BCUT2D eigenvalue weighted by Gasteiger charge is -2.01. The molecule has 2 aromatic rings. The van der Waals surface area contributed by atoms with E-state index in [2.05, 4.69) is 15.0 Å². The molecule has 2 aromatic heterocycles. The number of nitrogen functional groups attached to an aromatic ring is 1. The zero-order chi connectivity index (χ0) is 9.10. The number of pyridine rings is 1. The Balaban J connectivity index is 2.54. The third kappa shape index (κ3) is 1.46. The molecule has 0 atom stereocenters. The first-order valence-corrected chi connectivity index (χ1v) is 3.85. The van der Waals surface area contributed by atoms with Crippen LogP contribution in [0.25, 0.3) is 11.3 Å². The minimum Gasteiger partial charge on any atom is -0.383 e. The summed E-state index contributed by atoms with van der Waals surface area (Å²) in [4.78, 5) is 12.0. The second-order valence-corrected chi connectivity index (χ2v) is 2.53. The summed E-state index contributed by atoms with van der Waals surface area (Å²) in [7, 11) is 0. The van der Waals surface area contributed by atoms with Crippen molar-refractivity contribution in [1.29, 1.82) is 0 Å². The van der Waals surface area contributed by atoms with Crippen LogP contribution in [0.15, 0.2) is 36.9 Å². The molecule has 0 aromatic carbocycles. The molecule has 13 heavy (non-hydrogen) atoms. The molecular formula is C9H8N4. The molecule has 0 spiro atoms. The van der Waals surface area contributed by atoms with Crippen molar-refractivity contribution in [1.82, 2.24) is 15.0 Å². The Bertz CT molecular complexity index is 399. The summed E-state index contributed by atoms with van der Waals surface area (Å²) in [6.45, 7) is 0. The Labute approximate surface area is 75.5 Å². The van der Waals surface area contributed by atoms with Crippen molar-refractivity contribution in [2.24, 2.45) is 0 Å². The summed E-state index contributed by atoms with van der Waals surface area (Å²) >= 11 is 0. The van der Waals surface area contributed by atoms with E-state index in [4.69, 9.17) is 5.73 Å². The summed E-state index contributed by atoms with van der Waals surface area (Å²) in [6.07, 6.45) is 6.56. The normalized spacial score (nSPS) is 9.85. The van der Waals surface area contributed by atoms with Crippen molar-refractivity contribution >= 4 is 5.82 Å². The van der Waals surface area contributed by atoms with Crippen LogP contribution < -0.4 is 5.73 Å². The van der Waals surface area contributed by atoms with Gasteiger partial charge in [0, 0.05) is 24.2 Å². The maximum Gasteiger partial charge on any atom is 0.132 e. The molecule has 0 aliphatic rings. The molecule has 0 unspecified atom stereocenters. The van der Waals surface area contributed by atoms with E-state index in [1.54, 1.807) is 24.8 Å². The highest BCUT2D eigenvalue weighted by molar-refractivity contribution is 5.69. The van der Waals surface area contributed by atoms with Crippen LogP contribution in [-0.4, -0.2) is 15.0 Å². The topological polar surface area (TPSA) is 64.7 Å². The summed E-state index contributed by atoms with van der Waals surface area (Å²) in [6, 6.07) is 3.69. The molecule has 4 nitrogen and oxygen atoms in total. The zero-order valence-corrected chi connectivity index (χ0v) is 6.88. The lowest BCUT2D eigenvalue weighted by molar-refractivity contribution is 1.20. The number of hydrogen-bond donors (Lipinski definition) is 1. The fourth-order valence-corrected chi connectivity index (χ4v) is 1.07. The van der Waals surface area contributed by atoms with Gasteiger partial charge in [-0.05, 0) is 12.1 Å². The third-order valence-electron chi connectivity index (χ3n) is 1.68. The van der Waals surface area contributed by atoms with Crippen LogP contribution in [0.3, 0.4) is 0 Å². The highest BCUT2D eigenvalue weighted by Crippen LogP contribution is 2.19. The number of anilines is 1. The molecule has 0 saturated carbocycles. The molecule has 2 rings (SSSR count). The lowest BCUT2D eigenvalue weighted by atomic mass is 10.2. The monoisotopic (exact) mass is 172 g/mol. The first kappa shape index (κ1) is 7.67. The second-order valence-electron chi connectivity index (χ2n) is 2.53. The number of aromatic nitrogens is 3. The Kier molecular flexibility index (Phi) is 1.88. The Morgan fingerprint density at radius 1 is 1.08 bits per heavy atom. The van der Waals surface area contributed by atoms with Crippen LogP contribution in [0.5, 0.6) is 0 Å². The molecular weight excluding hydrogens is 164 g/mol. The van der Waals surface area contributed by atoms with Crippen molar-refractivity contribution in [3.8, 4) is 11.3 Å². The van der Waals surface area contributed by atoms with Gasteiger partial charge in [0.1, 0.15) is 5.82 Å². The molecule has 0 amide bonds. The number of hydrogen-bond acceptors (Lipinski definition) is 4. The average Bonchev–Trinajstić information content (AvgIpc) is 2.20. The first-order chi connectivity index (χ1) is 6.38. The minimum absolute atomic E-state index is 0.475. The van der Waals surface area contributed by atoms with E-state index >= 15 is 0 Å². The van der Waals surface area contributed by atoms with Gasteiger partial charge in [-0.25, -0.2) is 4.98 Å². The Hall–Kier alpha value is -1.97. The van der Waals surface area contributed by atoms with Gasteiger partial charge in [-0.15, -0.1) is 0 Å². The first-order valence-electron chi connectivity index (χ1n) is 3.85. The van der Waals surface area contributed by atoms with Gasteiger partial charge in [-0.1, -0.05) is 0 Å². The standard InChI is InChI=1S/C9H8N4/c10-9-7(2-1-3-13-9)8-6-11-4-5-12-8/h1-6H,(H2,10,13). The van der Waals surface area contributed by atoms with Crippen LogP contribution in [0.1, 0.15) is 0 Å². The lowest BCUT2D eigenvalue weighted by Crippen LogP contribution is -1.94. The summed E-state index contributed by atoms with van der Waals surface area (Å²) < 4.78 is 0. The van der Waals surface area contributed by atoms with Crippen LogP contribution in [0, 0.1) is 0 Å². The van der Waals surface area contributed by atoms with Crippen molar-refractivity contribution in [3.63, 3.8) is 0 Å². The largest absolute Gasteiger partial charge is 0.383 e. The number of nitrogens with two attached hydrogens (primary N) is 1. The second kappa shape index (κ2) is 3.18. The molecule has 0 fully saturated rings. The minimum atomic E-state index is 0.475. The highest BCUT2D eigenvalue weighted by atomic mass is 14.8. The van der Waals surface area contributed by atoms with Crippen LogP contribution >= 0.6 is 0 Å². The van der Waals surface area contributed by atoms with E-state index in [9.17, 15) is 0 Å². The maximum atomic E-state index is 5.67. The van der Waals surface area contributed by atoms with Gasteiger partial charge in [-0.3, -0.25) is 9.97 Å². The molecule has 0 aliphatic heterocycles. The zero-order valence-electron chi connectivity index (χ0n) is 6.88. The van der Waals surface area contributed by atoms with Gasteiger partial charge in [-0.2, -0.15) is 0 Å². The predicted octanol–water partition coefficient (Wildman–Crippen LogP) is 1.12. The van der Waals surface area contributed by atoms with E-state index in [1.807, 2.05) is 12.1 Å². The molecule has 2 N–H and O–H groups in total. The van der Waals surface area contributed by atoms with Crippen molar-refractivity contribution < 1.29 is 0 Å². The molecule has 0 radical (unpaired) electrons. The maximum absolute atomic E-state index is 5.67. The van der Waals surface area contributed by atoms with Crippen LogP contribution in [0.2, 0.25) is 0 Å². The highest BCUT2D eigenvalue weighted by Gasteiger charge is 2.02. The van der Waals surface area contributed by atoms with Gasteiger partial charge < -0.3 is 5.73 Å². The fraction of sp³-hybridized carbons (Fsp3) is 0. The molecule has 64 valence electrons. The Morgan fingerprint density at radius 2 is 2.00 bits per heavy atom. The average molecular weight is 172 g/mol. The molecule has 0 aliphatic carbocycles. The summed E-state index contributed by atoms with van der Waals surface area (Å²) in [5.74, 6) is 0.475. The van der Waals surface area contributed by atoms with Gasteiger partial charge in [0.25, 0.3) is 0 Å². The molecule has 0 saturated heterocycles. The summed E-state index contributed by atoms with van der Waals surface area (Å²) in [5.41, 5.74) is 7.23. The van der Waals surface area contributed by atoms with E-state index in [0.717, 1.165) is 11.3 Å². The number of nitrogens with zero attached hydrogens (tertiary/aromatic N) is 3. The third-order valence-corrected chi connectivity index (χ3v) is 1.68. The van der Waals surface area contributed by atoms with Gasteiger partial charge in [0.2, 0.25) is 0 Å². The van der Waals surface area contributed by atoms with E-state index < -0.39 is 0 Å². The van der Waals surface area contributed by atoms with Gasteiger partial charge >= 0.3 is 0 Å². The van der Waals surface area contributed by atoms with Crippen molar-refractivity contribution in [2.75, 3.05) is 5.73 Å². The molecule has 0 bridgehead atoms. The van der Waals surface area contributed by atoms with Gasteiger partial charge in [0.15, 0.2) is 0 Å². The van der Waals surface area contributed by atoms with E-state index in [-0.39, 0.29) is 0 Å². The van der Waals surface area contributed by atoms with Crippen molar-refractivity contribution in [2.45, 2.75) is 0 Å². The van der Waals surface area contributed by atoms with Crippen LogP contribution in [0.4, 0.5) is 5.82 Å². The van der Waals surface area contributed by atoms with E-state index in [0.29, 0.717) is 5.82 Å². The SMILES string of the molecule is Nc1ncccc1-c1cnccn1. The van der Waals surface area contributed by atoms with Crippen LogP contribution in [-0.2, 0) is 0 Å². The number of rotatable bonds is 1. The summed E-state index contributed by atoms with van der Waals surface area (Å²) in [5, 5.41) is 0. The molecule has 4 heteroatoms. The van der Waals surface area contributed by atoms with E-state index in [1.165, 1.54) is 0 Å². The Morgan fingerprint density at radius 3 is 2.69 bits per heavy atom. The smallest absolute Gasteiger partial charge is 0.132 e. The molecule has 2 heterocycles. The quantitative estimate of drug-likeness (QED) is 0.700. The fourth-order valence-electron chi connectivity index (χ4n) is 1.07. The van der Waals surface area contributed by atoms with Gasteiger partial charge in [0.05, 0.1) is 11.9 Å². The predicted molar refractivity (Wildman–Crippen MR) is 49.7 cm³/mol.